The highest BCUT2D eigenvalue weighted by Crippen LogP contribution is 2.53. The van der Waals surface area contributed by atoms with E-state index in [4.69, 9.17) is 0 Å². The van der Waals surface area contributed by atoms with Gasteiger partial charge >= 0.3 is 7.60 Å². The Bertz CT molecular complexity index is 1620. The second-order valence-corrected chi connectivity index (χ2v) is 14.4. The lowest BCUT2D eigenvalue weighted by Gasteiger charge is -2.43. The van der Waals surface area contributed by atoms with Gasteiger partial charge in [0.1, 0.15) is 12.1 Å². The number of rotatable bonds is 7. The van der Waals surface area contributed by atoms with Crippen molar-refractivity contribution in [2.45, 2.75) is 75.4 Å². The number of fused-ring (bicyclic) bond motifs is 2. The third-order valence-corrected chi connectivity index (χ3v) is 11.0. The Morgan fingerprint density at radius 3 is 2.70 bits per heavy atom. The van der Waals surface area contributed by atoms with Crippen LogP contribution in [-0.4, -0.2) is 73.5 Å². The summed E-state index contributed by atoms with van der Waals surface area (Å²) in [5, 5.41) is 3.35. The first kappa shape index (κ1) is 29.9. The number of amides is 3. The molecule has 0 radical (unpaired) electrons. The molecule has 43 heavy (non-hydrogen) atoms. The normalized spacial score (nSPS) is 23.5. The van der Waals surface area contributed by atoms with E-state index >= 15 is 0 Å². The molecule has 0 aliphatic carbocycles. The molecule has 1 unspecified atom stereocenters. The lowest BCUT2D eigenvalue weighted by molar-refractivity contribution is -0.148. The Morgan fingerprint density at radius 2 is 1.95 bits per heavy atom. The van der Waals surface area contributed by atoms with Crippen molar-refractivity contribution in [3.05, 3.63) is 64.3 Å². The highest BCUT2D eigenvalue weighted by molar-refractivity contribution is 7.51. The van der Waals surface area contributed by atoms with E-state index in [1.165, 1.54) is 35.4 Å². The van der Waals surface area contributed by atoms with Crippen molar-refractivity contribution in [2.24, 2.45) is 0 Å². The zero-order chi connectivity index (χ0) is 30.5. The number of nitrogens with zero attached hydrogens (tertiary/aromatic N) is 3. The number of halogens is 1. The van der Waals surface area contributed by atoms with E-state index in [9.17, 15) is 33.1 Å². The van der Waals surface area contributed by atoms with Crippen LogP contribution in [0.25, 0.3) is 10.1 Å². The summed E-state index contributed by atoms with van der Waals surface area (Å²) in [6.07, 6.45) is 7.91. The number of hydrogen-bond donors (Lipinski definition) is 3. The Kier molecular flexibility index (Phi) is 8.14. The molecule has 0 saturated carbocycles. The van der Waals surface area contributed by atoms with Crippen LogP contribution in [0.3, 0.4) is 0 Å². The van der Waals surface area contributed by atoms with Crippen molar-refractivity contribution in [3.8, 4) is 0 Å². The van der Waals surface area contributed by atoms with Gasteiger partial charge in [-0.05, 0) is 84.9 Å². The highest BCUT2D eigenvalue weighted by Gasteiger charge is 2.47. The van der Waals surface area contributed by atoms with E-state index in [1.54, 1.807) is 11.1 Å². The molecule has 13 heteroatoms. The predicted octanol–water partition coefficient (Wildman–Crippen LogP) is 4.27. The molecule has 3 aliphatic rings. The van der Waals surface area contributed by atoms with Gasteiger partial charge in [-0.2, -0.15) is 0 Å². The number of carbonyl (C=O) groups is 3. The highest BCUT2D eigenvalue weighted by atomic mass is 32.1. The monoisotopic (exact) mass is 628 g/mol. The number of benzene rings is 1. The SMILES string of the molecule is CCc1ccncc1C1CN(C(=O)[C@@H]2CC[C@@H]3CCC[C@H](NC(=O)c4cc5cc(C(F)P(=O)(O)O)ccc5s4)C(=O)N32)C1. The van der Waals surface area contributed by atoms with Crippen molar-refractivity contribution >= 4 is 46.7 Å². The second-order valence-electron chi connectivity index (χ2n) is 11.7. The number of aryl methyl sites for hydroxylation is 1. The molecule has 3 aliphatic heterocycles. The first-order valence-electron chi connectivity index (χ1n) is 14.6. The zero-order valence-corrected chi connectivity index (χ0v) is 25.4. The predicted molar refractivity (Wildman–Crippen MR) is 159 cm³/mol. The number of thiophene rings is 1. The van der Waals surface area contributed by atoms with Crippen LogP contribution in [0.4, 0.5) is 4.39 Å². The lowest BCUT2D eigenvalue weighted by Crippen LogP contribution is -2.58. The molecule has 3 amide bonds. The Labute approximate surface area is 252 Å². The summed E-state index contributed by atoms with van der Waals surface area (Å²) in [6.45, 7) is 3.31. The van der Waals surface area contributed by atoms with Crippen LogP contribution >= 0.6 is 18.9 Å². The van der Waals surface area contributed by atoms with Crippen LogP contribution < -0.4 is 5.32 Å². The molecule has 0 bridgehead atoms. The fourth-order valence-electron chi connectivity index (χ4n) is 6.67. The van der Waals surface area contributed by atoms with Crippen LogP contribution in [0.15, 0.2) is 42.7 Å². The average Bonchev–Trinajstić information content (AvgIpc) is 3.55. The quantitative estimate of drug-likeness (QED) is 0.332. The Morgan fingerprint density at radius 1 is 1.16 bits per heavy atom. The van der Waals surface area contributed by atoms with Gasteiger partial charge < -0.3 is 24.9 Å². The summed E-state index contributed by atoms with van der Waals surface area (Å²) >= 11 is 1.15. The van der Waals surface area contributed by atoms with Gasteiger partial charge in [-0.1, -0.05) is 13.0 Å². The van der Waals surface area contributed by atoms with Crippen molar-refractivity contribution in [3.63, 3.8) is 0 Å². The lowest BCUT2D eigenvalue weighted by atomic mass is 9.88. The molecular weight excluding hydrogens is 594 g/mol. The van der Waals surface area contributed by atoms with E-state index in [1.807, 2.05) is 17.2 Å². The molecule has 2 aromatic heterocycles. The second kappa shape index (κ2) is 11.7. The minimum atomic E-state index is -4.97. The molecular formula is C30H34FN4O6PS. The Hall–Kier alpha value is -3.18. The van der Waals surface area contributed by atoms with Crippen molar-refractivity contribution < 1.29 is 33.1 Å². The molecule has 3 saturated heterocycles. The fraction of sp³-hybridized carbons (Fsp3) is 0.467. The van der Waals surface area contributed by atoms with Crippen LogP contribution in [0.2, 0.25) is 0 Å². The number of pyridine rings is 1. The molecule has 3 N–H and O–H groups in total. The molecule has 5 heterocycles. The Balaban J connectivity index is 1.13. The minimum Gasteiger partial charge on any atom is -0.340 e. The summed E-state index contributed by atoms with van der Waals surface area (Å²) in [4.78, 5) is 67.2. The van der Waals surface area contributed by atoms with Gasteiger partial charge in [0.15, 0.2) is 0 Å². The standard InChI is InChI=1S/C30H34FN4O6PS/c1-2-17-10-11-32-14-22(17)20-15-34(16-20)30(38)24-8-7-21-4-3-5-23(29(37)35(21)24)33-28(36)26-13-19-12-18(6-9-25(19)43-26)27(31)42(39,40)41/h6,9-14,20-21,23-24,27H,2-5,7-8,15-16H2,1H3,(H,33,36)(H2,39,40,41)/t21-,23-,24-,27?/m0/s1. The van der Waals surface area contributed by atoms with E-state index < -0.39 is 31.5 Å². The molecule has 3 fully saturated rings. The molecule has 4 atom stereocenters. The van der Waals surface area contributed by atoms with Gasteiger partial charge in [0, 0.05) is 42.1 Å². The molecule has 1 aromatic carbocycles. The van der Waals surface area contributed by atoms with Crippen LogP contribution in [0, 0.1) is 0 Å². The third kappa shape index (κ3) is 5.73. The molecule has 6 rings (SSSR count). The maximum atomic E-state index is 14.2. The van der Waals surface area contributed by atoms with Gasteiger partial charge in [-0.15, -0.1) is 11.3 Å². The van der Waals surface area contributed by atoms with Crippen LogP contribution in [0.5, 0.6) is 0 Å². The smallest absolute Gasteiger partial charge is 0.340 e. The van der Waals surface area contributed by atoms with Crippen molar-refractivity contribution in [2.75, 3.05) is 13.1 Å². The third-order valence-electron chi connectivity index (χ3n) is 8.97. The summed E-state index contributed by atoms with van der Waals surface area (Å²) in [7, 11) is -4.97. The number of hydrogen-bond acceptors (Lipinski definition) is 6. The number of alkyl halides is 1. The first-order valence-corrected chi connectivity index (χ1v) is 17.1. The molecule has 3 aromatic rings. The number of nitrogens with one attached hydrogen (secondary N) is 1. The van der Waals surface area contributed by atoms with E-state index in [2.05, 4.69) is 17.2 Å². The number of aromatic nitrogens is 1. The van der Waals surface area contributed by atoms with Gasteiger partial charge in [-0.25, -0.2) is 4.39 Å². The summed E-state index contributed by atoms with van der Waals surface area (Å²) in [5.74, 6) is -2.95. The molecule has 10 nitrogen and oxygen atoms in total. The largest absolute Gasteiger partial charge is 0.363 e. The van der Waals surface area contributed by atoms with Gasteiger partial charge in [-0.3, -0.25) is 23.9 Å². The van der Waals surface area contributed by atoms with Gasteiger partial charge in [0.05, 0.1) is 4.88 Å². The maximum absolute atomic E-state index is 14.2. The summed E-state index contributed by atoms with van der Waals surface area (Å²) < 4.78 is 26.2. The van der Waals surface area contributed by atoms with Gasteiger partial charge in [0.25, 0.3) is 5.91 Å². The first-order chi connectivity index (χ1) is 20.5. The maximum Gasteiger partial charge on any atom is 0.363 e. The van der Waals surface area contributed by atoms with Crippen LogP contribution in [0.1, 0.15) is 77.2 Å². The van der Waals surface area contributed by atoms with E-state index in [-0.39, 0.29) is 29.3 Å². The van der Waals surface area contributed by atoms with Crippen molar-refractivity contribution in [1.82, 2.24) is 20.1 Å². The number of carbonyl (C=O) groups excluding carboxylic acids is 3. The topological polar surface area (TPSA) is 140 Å². The minimum absolute atomic E-state index is 0.0316. The summed E-state index contributed by atoms with van der Waals surface area (Å²) in [5.41, 5.74) is 2.25. The molecule has 0 spiro atoms. The summed E-state index contributed by atoms with van der Waals surface area (Å²) in [6, 6.07) is 6.35. The zero-order valence-electron chi connectivity index (χ0n) is 23.7. The van der Waals surface area contributed by atoms with E-state index in [0.29, 0.717) is 40.9 Å². The van der Waals surface area contributed by atoms with Gasteiger partial charge in [0.2, 0.25) is 17.7 Å². The fourth-order valence-corrected chi connectivity index (χ4v) is 8.17. The van der Waals surface area contributed by atoms with Crippen molar-refractivity contribution in [1.29, 1.82) is 0 Å². The van der Waals surface area contributed by atoms with Crippen LogP contribution in [-0.2, 0) is 20.6 Å². The van der Waals surface area contributed by atoms with E-state index in [0.717, 1.165) is 37.0 Å². The number of likely N-dealkylation sites (tertiary alicyclic amines) is 1. The molecule has 228 valence electrons. The average molecular weight is 629 g/mol.